The fraction of sp³-hybridized carbons (Fsp3) is 1.00. The van der Waals surface area contributed by atoms with Crippen LogP contribution in [-0.4, -0.2) is 48.3 Å². The molecule has 1 unspecified atom stereocenters. The minimum absolute atomic E-state index is 0.221. The van der Waals surface area contributed by atoms with Crippen LogP contribution in [0.25, 0.3) is 0 Å². The maximum absolute atomic E-state index is 9.26. The molecule has 0 aliphatic heterocycles. The molecule has 0 spiro atoms. The molecular weight excluding hydrogens is 188 g/mol. The Labute approximate surface area is 94.9 Å². The van der Waals surface area contributed by atoms with Crippen LogP contribution in [0.15, 0.2) is 0 Å². The molecule has 0 saturated heterocycles. The highest BCUT2D eigenvalue weighted by atomic mass is 16.3. The van der Waals surface area contributed by atoms with E-state index >= 15 is 0 Å². The average Bonchev–Trinajstić information content (AvgIpc) is 2.22. The van der Waals surface area contributed by atoms with Crippen molar-refractivity contribution >= 4 is 0 Å². The van der Waals surface area contributed by atoms with Gasteiger partial charge in [-0.05, 0) is 39.8 Å². The number of rotatable bonds is 9. The molecular formula is C12H28N2O. The minimum atomic E-state index is 0.221. The van der Waals surface area contributed by atoms with Gasteiger partial charge in [0.25, 0.3) is 0 Å². The van der Waals surface area contributed by atoms with E-state index in [1.807, 2.05) is 0 Å². The van der Waals surface area contributed by atoms with E-state index in [9.17, 15) is 5.11 Å². The fourth-order valence-corrected chi connectivity index (χ4v) is 1.67. The molecule has 0 heterocycles. The van der Waals surface area contributed by atoms with E-state index in [0.717, 1.165) is 26.1 Å². The summed E-state index contributed by atoms with van der Waals surface area (Å²) in [6.07, 6.45) is 2.29. The van der Waals surface area contributed by atoms with Crippen molar-refractivity contribution in [2.75, 3.05) is 26.2 Å². The molecule has 1 atom stereocenters. The van der Waals surface area contributed by atoms with Crippen molar-refractivity contribution in [2.45, 2.75) is 52.6 Å². The molecule has 0 fully saturated rings. The molecule has 0 aromatic heterocycles. The zero-order valence-electron chi connectivity index (χ0n) is 10.8. The molecule has 3 heteroatoms. The van der Waals surface area contributed by atoms with Crippen LogP contribution < -0.4 is 5.32 Å². The Morgan fingerprint density at radius 3 is 2.27 bits per heavy atom. The molecule has 0 saturated carbocycles. The highest BCUT2D eigenvalue weighted by molar-refractivity contribution is 4.73. The van der Waals surface area contributed by atoms with Crippen LogP contribution in [-0.2, 0) is 0 Å². The van der Waals surface area contributed by atoms with Crippen molar-refractivity contribution in [3.05, 3.63) is 0 Å². The second-order valence-corrected chi connectivity index (χ2v) is 4.42. The molecule has 0 radical (unpaired) electrons. The van der Waals surface area contributed by atoms with Crippen molar-refractivity contribution in [3.63, 3.8) is 0 Å². The van der Waals surface area contributed by atoms with Crippen LogP contribution in [0.2, 0.25) is 0 Å². The number of aliphatic hydroxyl groups is 1. The largest absolute Gasteiger partial charge is 0.395 e. The Morgan fingerprint density at radius 2 is 1.87 bits per heavy atom. The second kappa shape index (κ2) is 9.13. The van der Waals surface area contributed by atoms with E-state index in [2.05, 4.69) is 37.9 Å². The number of nitrogens with one attached hydrogen (secondary N) is 1. The zero-order chi connectivity index (χ0) is 11.7. The topological polar surface area (TPSA) is 35.5 Å². The van der Waals surface area contributed by atoms with E-state index in [1.54, 1.807) is 0 Å². The third kappa shape index (κ3) is 6.88. The third-order valence-corrected chi connectivity index (χ3v) is 2.60. The van der Waals surface area contributed by atoms with Gasteiger partial charge in [-0.1, -0.05) is 13.8 Å². The van der Waals surface area contributed by atoms with Gasteiger partial charge in [-0.3, -0.25) is 4.90 Å². The van der Waals surface area contributed by atoms with Crippen LogP contribution >= 0.6 is 0 Å². The maximum Gasteiger partial charge on any atom is 0.0597 e. The smallest absolute Gasteiger partial charge is 0.0597 e. The van der Waals surface area contributed by atoms with E-state index in [0.29, 0.717) is 6.04 Å². The summed E-state index contributed by atoms with van der Waals surface area (Å²) < 4.78 is 0. The molecule has 0 aliphatic carbocycles. The first kappa shape index (κ1) is 14.9. The highest BCUT2D eigenvalue weighted by Crippen LogP contribution is 2.01. The van der Waals surface area contributed by atoms with Gasteiger partial charge in [0.1, 0.15) is 0 Å². The van der Waals surface area contributed by atoms with Crippen LogP contribution in [0.4, 0.5) is 0 Å². The summed E-state index contributed by atoms with van der Waals surface area (Å²) in [6.45, 7) is 12.0. The zero-order valence-corrected chi connectivity index (χ0v) is 10.8. The number of nitrogens with zero attached hydrogens (tertiary/aromatic N) is 1. The lowest BCUT2D eigenvalue weighted by Gasteiger charge is -2.30. The molecule has 0 amide bonds. The molecule has 0 aromatic carbocycles. The van der Waals surface area contributed by atoms with Crippen molar-refractivity contribution in [1.82, 2.24) is 10.2 Å². The fourth-order valence-electron chi connectivity index (χ4n) is 1.67. The highest BCUT2D eigenvalue weighted by Gasteiger charge is 2.14. The van der Waals surface area contributed by atoms with E-state index < -0.39 is 0 Å². The Balaban J connectivity index is 3.97. The summed E-state index contributed by atoms with van der Waals surface area (Å²) in [4.78, 5) is 2.42. The average molecular weight is 216 g/mol. The SMILES string of the molecule is CCCNC(CO)CN(CCC)C(C)C. The Hall–Kier alpha value is -0.120. The van der Waals surface area contributed by atoms with E-state index in [4.69, 9.17) is 0 Å². The summed E-state index contributed by atoms with van der Waals surface area (Å²) >= 11 is 0. The lowest BCUT2D eigenvalue weighted by Crippen LogP contribution is -2.46. The van der Waals surface area contributed by atoms with E-state index in [1.165, 1.54) is 6.42 Å². The van der Waals surface area contributed by atoms with Gasteiger partial charge in [0.2, 0.25) is 0 Å². The standard InChI is InChI=1S/C12H28N2O/c1-5-7-13-12(10-15)9-14(8-6-2)11(3)4/h11-13,15H,5-10H2,1-4H3. The Kier molecular flexibility index (Phi) is 9.06. The van der Waals surface area contributed by atoms with Gasteiger partial charge in [-0.2, -0.15) is 0 Å². The summed E-state index contributed by atoms with van der Waals surface area (Å²) in [5.74, 6) is 0. The molecule has 15 heavy (non-hydrogen) atoms. The summed E-state index contributed by atoms with van der Waals surface area (Å²) in [5, 5.41) is 12.6. The Morgan fingerprint density at radius 1 is 1.20 bits per heavy atom. The van der Waals surface area contributed by atoms with Gasteiger partial charge in [-0.25, -0.2) is 0 Å². The van der Waals surface area contributed by atoms with Gasteiger partial charge in [-0.15, -0.1) is 0 Å². The minimum Gasteiger partial charge on any atom is -0.395 e. The van der Waals surface area contributed by atoms with Crippen LogP contribution in [0.1, 0.15) is 40.5 Å². The van der Waals surface area contributed by atoms with Gasteiger partial charge >= 0.3 is 0 Å². The summed E-state index contributed by atoms with van der Waals surface area (Å²) in [6, 6.07) is 0.779. The van der Waals surface area contributed by atoms with Crippen LogP contribution in [0, 0.1) is 0 Å². The van der Waals surface area contributed by atoms with Gasteiger partial charge in [0, 0.05) is 18.6 Å². The number of aliphatic hydroxyl groups excluding tert-OH is 1. The molecule has 3 nitrogen and oxygen atoms in total. The first-order chi connectivity index (χ1) is 7.15. The van der Waals surface area contributed by atoms with Crippen molar-refractivity contribution < 1.29 is 5.11 Å². The Bertz CT molecular complexity index is 140. The quantitative estimate of drug-likeness (QED) is 0.612. The van der Waals surface area contributed by atoms with Gasteiger partial charge in [0.15, 0.2) is 0 Å². The van der Waals surface area contributed by atoms with Crippen LogP contribution in [0.3, 0.4) is 0 Å². The summed E-state index contributed by atoms with van der Waals surface area (Å²) in [7, 11) is 0. The predicted octanol–water partition coefficient (Wildman–Crippen LogP) is 1.47. The van der Waals surface area contributed by atoms with E-state index in [-0.39, 0.29) is 12.6 Å². The van der Waals surface area contributed by atoms with Gasteiger partial charge < -0.3 is 10.4 Å². The first-order valence-electron chi connectivity index (χ1n) is 6.23. The lowest BCUT2D eigenvalue weighted by atomic mass is 10.2. The third-order valence-electron chi connectivity index (χ3n) is 2.60. The van der Waals surface area contributed by atoms with Crippen molar-refractivity contribution in [1.29, 1.82) is 0 Å². The number of hydrogen-bond donors (Lipinski definition) is 2. The van der Waals surface area contributed by atoms with Crippen molar-refractivity contribution in [2.24, 2.45) is 0 Å². The molecule has 0 rings (SSSR count). The monoisotopic (exact) mass is 216 g/mol. The molecule has 92 valence electrons. The lowest BCUT2D eigenvalue weighted by molar-refractivity contribution is 0.157. The normalized spacial score (nSPS) is 13.8. The molecule has 0 bridgehead atoms. The maximum atomic E-state index is 9.26. The molecule has 0 aliphatic rings. The predicted molar refractivity (Wildman–Crippen MR) is 66.2 cm³/mol. The number of hydrogen-bond acceptors (Lipinski definition) is 3. The van der Waals surface area contributed by atoms with Crippen LogP contribution in [0.5, 0.6) is 0 Å². The van der Waals surface area contributed by atoms with Crippen molar-refractivity contribution in [3.8, 4) is 0 Å². The molecule has 2 N–H and O–H groups in total. The summed E-state index contributed by atoms with van der Waals surface area (Å²) in [5.41, 5.74) is 0. The molecule has 0 aromatic rings. The first-order valence-corrected chi connectivity index (χ1v) is 6.23. The second-order valence-electron chi connectivity index (χ2n) is 4.42. The van der Waals surface area contributed by atoms with Gasteiger partial charge in [0.05, 0.1) is 6.61 Å².